The Morgan fingerprint density at radius 2 is 2.12 bits per heavy atom. The number of amides is 1. The van der Waals surface area contributed by atoms with E-state index in [-0.39, 0.29) is 24.5 Å². The molecule has 0 spiro atoms. The summed E-state index contributed by atoms with van der Waals surface area (Å²) in [4.78, 5) is 25.1. The van der Waals surface area contributed by atoms with Crippen LogP contribution in [-0.4, -0.2) is 54.3 Å². The highest BCUT2D eigenvalue weighted by molar-refractivity contribution is 5.78. The maximum atomic E-state index is 12.4. The standard InChI is InChI=1S/C19H27NO5/c1-14-6-5-7-16(10-14)25-9-4-3-8-18(21)20-13-17(24-2)11-15(20)12-19(22)23/h5-7,10,15,17H,3-4,8-9,11-13H2,1-2H3,(H,22,23). The Balaban J connectivity index is 1.72. The summed E-state index contributed by atoms with van der Waals surface area (Å²) in [6.07, 6.45) is 2.40. The summed E-state index contributed by atoms with van der Waals surface area (Å²) in [6, 6.07) is 7.61. The highest BCUT2D eigenvalue weighted by atomic mass is 16.5. The van der Waals surface area contributed by atoms with Crippen molar-refractivity contribution in [1.29, 1.82) is 0 Å². The number of likely N-dealkylation sites (tertiary alicyclic amines) is 1. The molecule has 1 fully saturated rings. The molecule has 1 saturated heterocycles. The molecule has 1 aromatic carbocycles. The van der Waals surface area contributed by atoms with E-state index >= 15 is 0 Å². The van der Waals surface area contributed by atoms with Gasteiger partial charge in [0.25, 0.3) is 0 Å². The summed E-state index contributed by atoms with van der Waals surface area (Å²) in [5, 5.41) is 9.01. The summed E-state index contributed by atoms with van der Waals surface area (Å²) in [6.45, 7) is 3.06. The highest BCUT2D eigenvalue weighted by Gasteiger charge is 2.36. The third-order valence-electron chi connectivity index (χ3n) is 4.48. The average Bonchev–Trinajstić information content (AvgIpc) is 2.96. The van der Waals surface area contributed by atoms with E-state index in [1.54, 1.807) is 12.0 Å². The first kappa shape index (κ1) is 19.2. The first-order valence-electron chi connectivity index (χ1n) is 8.73. The van der Waals surface area contributed by atoms with Gasteiger partial charge in [-0.3, -0.25) is 9.59 Å². The molecule has 138 valence electrons. The molecule has 0 saturated carbocycles. The van der Waals surface area contributed by atoms with Gasteiger partial charge >= 0.3 is 5.97 Å². The normalized spacial score (nSPS) is 19.8. The van der Waals surface area contributed by atoms with Gasteiger partial charge in [-0.25, -0.2) is 0 Å². The molecule has 1 aromatic rings. The number of rotatable bonds is 9. The Bertz CT molecular complexity index is 589. The number of aryl methyl sites for hydroxylation is 1. The van der Waals surface area contributed by atoms with Gasteiger partial charge in [0, 0.05) is 26.1 Å². The molecule has 25 heavy (non-hydrogen) atoms. The fraction of sp³-hybridized carbons (Fsp3) is 0.579. The topological polar surface area (TPSA) is 76.1 Å². The molecule has 0 radical (unpaired) electrons. The average molecular weight is 349 g/mol. The number of unbranched alkanes of at least 4 members (excludes halogenated alkanes) is 1. The molecule has 6 heteroatoms. The fourth-order valence-electron chi connectivity index (χ4n) is 3.16. The summed E-state index contributed by atoms with van der Waals surface area (Å²) >= 11 is 0. The van der Waals surface area contributed by atoms with Crippen LogP contribution in [0.3, 0.4) is 0 Å². The number of hydrogen-bond acceptors (Lipinski definition) is 4. The summed E-state index contributed by atoms with van der Waals surface area (Å²) < 4.78 is 11.0. The second kappa shape index (κ2) is 9.42. The molecule has 1 aliphatic rings. The van der Waals surface area contributed by atoms with Gasteiger partial charge in [0.2, 0.25) is 5.91 Å². The minimum absolute atomic E-state index is 0.00126. The van der Waals surface area contributed by atoms with Crippen LogP contribution in [0.2, 0.25) is 0 Å². The van der Waals surface area contributed by atoms with E-state index in [0.29, 0.717) is 26.0 Å². The lowest BCUT2D eigenvalue weighted by atomic mass is 10.1. The van der Waals surface area contributed by atoms with Gasteiger partial charge in [-0.1, -0.05) is 12.1 Å². The SMILES string of the molecule is COC1CC(CC(=O)O)N(C(=O)CCCCOc2cccc(C)c2)C1. The molecule has 2 unspecified atom stereocenters. The van der Waals surface area contributed by atoms with E-state index in [4.69, 9.17) is 14.6 Å². The van der Waals surface area contributed by atoms with E-state index in [1.165, 1.54) is 0 Å². The number of carboxylic acid groups (broad SMARTS) is 1. The second-order valence-corrected chi connectivity index (χ2v) is 6.51. The maximum Gasteiger partial charge on any atom is 0.305 e. The molecule has 1 amide bonds. The van der Waals surface area contributed by atoms with Crippen molar-refractivity contribution >= 4 is 11.9 Å². The van der Waals surface area contributed by atoms with Gasteiger partial charge in [-0.2, -0.15) is 0 Å². The van der Waals surface area contributed by atoms with Gasteiger partial charge < -0.3 is 19.5 Å². The first-order chi connectivity index (χ1) is 12.0. The number of aliphatic carboxylic acids is 1. The minimum atomic E-state index is -0.883. The molecule has 0 aromatic heterocycles. The zero-order valence-corrected chi connectivity index (χ0v) is 14.9. The highest BCUT2D eigenvalue weighted by Crippen LogP contribution is 2.24. The smallest absolute Gasteiger partial charge is 0.305 e. The van der Waals surface area contributed by atoms with Crippen molar-refractivity contribution in [2.45, 2.75) is 51.2 Å². The van der Waals surface area contributed by atoms with Crippen molar-refractivity contribution in [2.75, 3.05) is 20.3 Å². The summed E-state index contributed by atoms with van der Waals surface area (Å²) in [7, 11) is 1.60. The van der Waals surface area contributed by atoms with E-state index in [0.717, 1.165) is 24.2 Å². The van der Waals surface area contributed by atoms with Crippen LogP contribution in [0.4, 0.5) is 0 Å². The predicted molar refractivity (Wildman–Crippen MR) is 93.7 cm³/mol. The van der Waals surface area contributed by atoms with Crippen LogP contribution in [0.1, 0.15) is 37.7 Å². The van der Waals surface area contributed by atoms with E-state index in [2.05, 4.69) is 0 Å². The lowest BCUT2D eigenvalue weighted by Crippen LogP contribution is -2.37. The number of carbonyl (C=O) groups is 2. The van der Waals surface area contributed by atoms with Crippen molar-refractivity contribution < 1.29 is 24.2 Å². The number of nitrogens with zero attached hydrogens (tertiary/aromatic N) is 1. The van der Waals surface area contributed by atoms with Gasteiger partial charge in [-0.05, 0) is 43.9 Å². The van der Waals surface area contributed by atoms with Crippen LogP contribution in [0.25, 0.3) is 0 Å². The zero-order chi connectivity index (χ0) is 18.2. The Morgan fingerprint density at radius 1 is 1.32 bits per heavy atom. The van der Waals surface area contributed by atoms with Crippen LogP contribution in [0.15, 0.2) is 24.3 Å². The third kappa shape index (κ3) is 6.05. The largest absolute Gasteiger partial charge is 0.494 e. The van der Waals surface area contributed by atoms with Crippen LogP contribution in [0, 0.1) is 6.92 Å². The Labute approximate surface area is 148 Å². The Hall–Kier alpha value is -2.08. The fourth-order valence-corrected chi connectivity index (χ4v) is 3.16. The molecule has 2 atom stereocenters. The van der Waals surface area contributed by atoms with Crippen LogP contribution in [0.5, 0.6) is 5.75 Å². The number of carbonyl (C=O) groups excluding carboxylic acids is 1. The molecule has 6 nitrogen and oxygen atoms in total. The van der Waals surface area contributed by atoms with Crippen LogP contribution in [-0.2, 0) is 14.3 Å². The van der Waals surface area contributed by atoms with Crippen molar-refractivity contribution in [3.8, 4) is 5.75 Å². The minimum Gasteiger partial charge on any atom is -0.494 e. The molecule has 2 rings (SSSR count). The zero-order valence-electron chi connectivity index (χ0n) is 14.9. The van der Waals surface area contributed by atoms with E-state index < -0.39 is 5.97 Å². The number of methoxy groups -OCH3 is 1. The maximum absolute atomic E-state index is 12.4. The number of benzene rings is 1. The lowest BCUT2D eigenvalue weighted by Gasteiger charge is -2.23. The molecular formula is C19H27NO5. The molecule has 1 N–H and O–H groups in total. The lowest BCUT2D eigenvalue weighted by molar-refractivity contribution is -0.139. The monoisotopic (exact) mass is 349 g/mol. The van der Waals surface area contributed by atoms with Gasteiger partial charge in [0.05, 0.1) is 19.1 Å². The van der Waals surface area contributed by atoms with Gasteiger partial charge in [0.1, 0.15) is 5.75 Å². The molecule has 1 aliphatic heterocycles. The third-order valence-corrected chi connectivity index (χ3v) is 4.48. The Morgan fingerprint density at radius 3 is 2.80 bits per heavy atom. The van der Waals surface area contributed by atoms with Crippen molar-refractivity contribution in [3.05, 3.63) is 29.8 Å². The number of carboxylic acids is 1. The second-order valence-electron chi connectivity index (χ2n) is 6.51. The first-order valence-corrected chi connectivity index (χ1v) is 8.73. The van der Waals surface area contributed by atoms with Gasteiger partial charge in [0.15, 0.2) is 0 Å². The molecule has 0 aliphatic carbocycles. The predicted octanol–water partition coefficient (Wildman–Crippen LogP) is 2.63. The molecule has 1 heterocycles. The van der Waals surface area contributed by atoms with E-state index in [1.807, 2.05) is 31.2 Å². The molecule has 0 bridgehead atoms. The number of hydrogen-bond donors (Lipinski definition) is 1. The Kier molecular flexibility index (Phi) is 7.25. The van der Waals surface area contributed by atoms with Gasteiger partial charge in [-0.15, -0.1) is 0 Å². The molecular weight excluding hydrogens is 322 g/mol. The number of ether oxygens (including phenoxy) is 2. The summed E-state index contributed by atoms with van der Waals surface area (Å²) in [5.41, 5.74) is 1.15. The van der Waals surface area contributed by atoms with E-state index in [9.17, 15) is 9.59 Å². The summed E-state index contributed by atoms with van der Waals surface area (Å²) in [5.74, 6) is -0.0391. The van der Waals surface area contributed by atoms with Crippen LogP contribution >= 0.6 is 0 Å². The van der Waals surface area contributed by atoms with Crippen molar-refractivity contribution in [1.82, 2.24) is 4.90 Å². The van der Waals surface area contributed by atoms with Crippen LogP contribution < -0.4 is 4.74 Å². The quantitative estimate of drug-likeness (QED) is 0.694. The van der Waals surface area contributed by atoms with Crippen molar-refractivity contribution in [2.24, 2.45) is 0 Å². The van der Waals surface area contributed by atoms with Crippen molar-refractivity contribution in [3.63, 3.8) is 0 Å².